The Morgan fingerprint density at radius 2 is 1.84 bits per heavy atom. The number of aryl methyl sites for hydroxylation is 1. The second-order valence-electron chi connectivity index (χ2n) is 8.31. The number of pyridine rings is 1. The summed E-state index contributed by atoms with van der Waals surface area (Å²) in [6.07, 6.45) is -4.20. The minimum atomic E-state index is -4.70. The Bertz CT molecular complexity index is 1030. The highest BCUT2D eigenvalue weighted by atomic mass is 35.5. The number of amides is 1. The van der Waals surface area contributed by atoms with Gasteiger partial charge < -0.3 is 10.2 Å². The lowest BCUT2D eigenvalue weighted by molar-refractivity contribution is -0.136. The van der Waals surface area contributed by atoms with Crippen LogP contribution in [0.2, 0.25) is 5.02 Å². The van der Waals surface area contributed by atoms with Crippen molar-refractivity contribution in [3.63, 3.8) is 0 Å². The van der Waals surface area contributed by atoms with Crippen LogP contribution in [0.25, 0.3) is 10.2 Å². The topological polar surface area (TPSA) is 65.5 Å². The Morgan fingerprint density at radius 3 is 2.38 bits per heavy atom. The number of carbonyl (C=O) groups is 2. The number of ketones is 1. The number of fused-ring (bicyclic) bond motifs is 1. The Kier molecular flexibility index (Phi) is 7.36. The van der Waals surface area contributed by atoms with Crippen LogP contribution in [0, 0.1) is 12.8 Å². The van der Waals surface area contributed by atoms with Crippen LogP contribution in [0.3, 0.4) is 0 Å². The molecular formula is C21H26ClF3N4O2S. The van der Waals surface area contributed by atoms with Crippen molar-refractivity contribution in [2.75, 3.05) is 44.7 Å². The van der Waals surface area contributed by atoms with Crippen LogP contribution in [-0.4, -0.2) is 61.3 Å². The molecular weight excluding hydrogens is 465 g/mol. The van der Waals surface area contributed by atoms with E-state index in [1.54, 1.807) is 11.8 Å². The van der Waals surface area contributed by atoms with Gasteiger partial charge >= 0.3 is 6.18 Å². The Labute approximate surface area is 193 Å². The predicted molar refractivity (Wildman–Crippen MR) is 121 cm³/mol. The third-order valence-corrected chi connectivity index (χ3v) is 6.83. The first-order valence-electron chi connectivity index (χ1n) is 10.3. The fraction of sp³-hybridized carbons (Fsp3) is 0.571. The van der Waals surface area contributed by atoms with Gasteiger partial charge in [-0.25, -0.2) is 4.98 Å². The van der Waals surface area contributed by atoms with E-state index in [-0.39, 0.29) is 33.3 Å². The van der Waals surface area contributed by atoms with E-state index in [9.17, 15) is 22.8 Å². The van der Waals surface area contributed by atoms with Crippen molar-refractivity contribution in [1.29, 1.82) is 0 Å². The Morgan fingerprint density at radius 1 is 1.22 bits per heavy atom. The number of nitrogens with zero attached hydrogens (tertiary/aromatic N) is 3. The summed E-state index contributed by atoms with van der Waals surface area (Å²) >= 11 is 7.14. The summed E-state index contributed by atoms with van der Waals surface area (Å²) < 4.78 is 41.8. The molecule has 1 fully saturated rings. The second kappa shape index (κ2) is 9.52. The average Bonchev–Trinajstić information content (AvgIpc) is 3.00. The third-order valence-electron chi connectivity index (χ3n) is 5.36. The summed E-state index contributed by atoms with van der Waals surface area (Å²) in [6, 6.07) is 0. The zero-order valence-electron chi connectivity index (χ0n) is 18.4. The van der Waals surface area contributed by atoms with Crippen molar-refractivity contribution in [3.8, 4) is 0 Å². The van der Waals surface area contributed by atoms with E-state index in [0.29, 0.717) is 44.0 Å². The standard InChI is InChI=1S/C21H26ClF3N4O2S/c1-11(2)9-13(30)10-28-5-7-29(8-6-28)19-16(22)15(21(23,24)25)18-17(27-19)14(12(3)32-18)20(31)26-4/h11H,5-10H2,1-4H3,(H,26,31). The number of carbonyl (C=O) groups excluding carboxylic acids is 2. The summed E-state index contributed by atoms with van der Waals surface area (Å²) in [5.74, 6) is -0.0454. The van der Waals surface area contributed by atoms with Gasteiger partial charge in [-0.15, -0.1) is 11.3 Å². The largest absolute Gasteiger partial charge is 0.419 e. The SMILES string of the molecule is CNC(=O)c1c(C)sc2c(C(F)(F)F)c(Cl)c(N3CCN(CC(=O)CC(C)C)CC3)nc12. The highest BCUT2D eigenvalue weighted by Crippen LogP contribution is 2.47. The highest BCUT2D eigenvalue weighted by Gasteiger charge is 2.40. The second-order valence-corrected chi connectivity index (χ2v) is 9.91. The molecule has 2 aromatic rings. The minimum Gasteiger partial charge on any atom is -0.355 e. The first kappa shape index (κ1) is 24.7. The van der Waals surface area contributed by atoms with Crippen molar-refractivity contribution in [3.05, 3.63) is 21.0 Å². The van der Waals surface area contributed by atoms with Gasteiger partial charge in [0.1, 0.15) is 11.6 Å². The zero-order valence-corrected chi connectivity index (χ0v) is 20.0. The summed E-state index contributed by atoms with van der Waals surface area (Å²) in [6.45, 7) is 7.65. The molecule has 0 radical (unpaired) electrons. The van der Waals surface area contributed by atoms with E-state index < -0.39 is 22.7 Å². The molecule has 1 amide bonds. The monoisotopic (exact) mass is 490 g/mol. The smallest absolute Gasteiger partial charge is 0.355 e. The van der Waals surface area contributed by atoms with Crippen LogP contribution < -0.4 is 10.2 Å². The molecule has 0 unspecified atom stereocenters. The van der Waals surface area contributed by atoms with Gasteiger partial charge in [0.15, 0.2) is 0 Å². The van der Waals surface area contributed by atoms with E-state index in [1.165, 1.54) is 7.05 Å². The average molecular weight is 491 g/mol. The fourth-order valence-corrected chi connectivity index (χ4v) is 5.50. The van der Waals surface area contributed by atoms with Crippen LogP contribution in [0.4, 0.5) is 19.0 Å². The van der Waals surface area contributed by atoms with E-state index in [0.717, 1.165) is 11.3 Å². The van der Waals surface area contributed by atoms with Crippen LogP contribution in [0.15, 0.2) is 0 Å². The number of halogens is 4. The Balaban J connectivity index is 1.96. The van der Waals surface area contributed by atoms with Gasteiger partial charge in [-0.2, -0.15) is 13.2 Å². The number of rotatable bonds is 6. The quantitative estimate of drug-likeness (QED) is 0.651. The number of hydrogen-bond acceptors (Lipinski definition) is 6. The van der Waals surface area contributed by atoms with E-state index in [4.69, 9.17) is 11.6 Å². The number of piperazine rings is 1. The number of thiophene rings is 1. The molecule has 0 bridgehead atoms. The van der Waals surface area contributed by atoms with Crippen molar-refractivity contribution in [1.82, 2.24) is 15.2 Å². The van der Waals surface area contributed by atoms with Gasteiger partial charge in [-0.3, -0.25) is 14.5 Å². The van der Waals surface area contributed by atoms with Crippen molar-refractivity contribution in [2.24, 2.45) is 5.92 Å². The van der Waals surface area contributed by atoms with Gasteiger partial charge in [-0.05, 0) is 12.8 Å². The Hall–Kier alpha value is -1.91. The molecule has 1 N–H and O–H groups in total. The van der Waals surface area contributed by atoms with Crippen LogP contribution >= 0.6 is 22.9 Å². The van der Waals surface area contributed by atoms with E-state index in [2.05, 4.69) is 10.3 Å². The van der Waals surface area contributed by atoms with Gasteiger partial charge in [0.25, 0.3) is 5.91 Å². The number of anilines is 1. The summed E-state index contributed by atoms with van der Waals surface area (Å²) in [5, 5.41) is 2.01. The normalized spacial score (nSPS) is 15.6. The molecule has 3 heterocycles. The molecule has 0 atom stereocenters. The molecule has 6 nitrogen and oxygen atoms in total. The highest BCUT2D eigenvalue weighted by molar-refractivity contribution is 7.19. The predicted octanol–water partition coefficient (Wildman–Crippen LogP) is 4.37. The molecule has 0 aliphatic carbocycles. The maximum absolute atomic E-state index is 14.0. The van der Waals surface area contributed by atoms with Crippen molar-refractivity contribution in [2.45, 2.75) is 33.4 Å². The molecule has 1 aliphatic heterocycles. The van der Waals surface area contributed by atoms with E-state index in [1.807, 2.05) is 18.7 Å². The van der Waals surface area contributed by atoms with Crippen molar-refractivity contribution >= 4 is 50.7 Å². The van der Waals surface area contributed by atoms with Crippen LogP contribution in [0.5, 0.6) is 0 Å². The molecule has 0 saturated carbocycles. The number of aromatic nitrogens is 1. The zero-order chi connectivity index (χ0) is 23.8. The van der Waals surface area contributed by atoms with Gasteiger partial charge in [-0.1, -0.05) is 25.4 Å². The van der Waals surface area contributed by atoms with Crippen LogP contribution in [0.1, 0.15) is 41.1 Å². The lowest BCUT2D eigenvalue weighted by Gasteiger charge is -2.35. The number of hydrogen-bond donors (Lipinski definition) is 1. The molecule has 0 spiro atoms. The van der Waals surface area contributed by atoms with Gasteiger partial charge in [0.05, 0.1) is 32.9 Å². The molecule has 176 valence electrons. The summed E-state index contributed by atoms with van der Waals surface area (Å²) in [5.41, 5.74) is -0.820. The van der Waals surface area contributed by atoms with Gasteiger partial charge in [0, 0.05) is 44.5 Å². The minimum absolute atomic E-state index is 0.00751. The third kappa shape index (κ3) is 5.02. The molecule has 11 heteroatoms. The lowest BCUT2D eigenvalue weighted by atomic mass is 10.1. The molecule has 1 aliphatic rings. The maximum Gasteiger partial charge on any atom is 0.419 e. The van der Waals surface area contributed by atoms with Crippen LogP contribution in [-0.2, 0) is 11.0 Å². The van der Waals surface area contributed by atoms with E-state index >= 15 is 0 Å². The molecule has 0 aromatic carbocycles. The maximum atomic E-state index is 14.0. The molecule has 1 saturated heterocycles. The number of nitrogens with one attached hydrogen (secondary N) is 1. The number of alkyl halides is 3. The molecule has 32 heavy (non-hydrogen) atoms. The first-order valence-corrected chi connectivity index (χ1v) is 11.5. The molecule has 3 rings (SSSR count). The van der Waals surface area contributed by atoms with Gasteiger partial charge in [0.2, 0.25) is 0 Å². The fourth-order valence-electron chi connectivity index (χ4n) is 3.92. The first-order chi connectivity index (χ1) is 14.9. The summed E-state index contributed by atoms with van der Waals surface area (Å²) in [7, 11) is 1.42. The number of Topliss-reactive ketones (excluding diaryl/α,β-unsaturated/α-hetero) is 1. The summed E-state index contributed by atoms with van der Waals surface area (Å²) in [4.78, 5) is 33.0. The lowest BCUT2D eigenvalue weighted by Crippen LogP contribution is -2.48. The molecule has 2 aromatic heterocycles. The van der Waals surface area contributed by atoms with Crippen molar-refractivity contribution < 1.29 is 22.8 Å².